The number of carbonyl (C=O) groups excluding carboxylic acids is 1. The SMILES string of the molecule is N#CCCCN1C(CN(C(=O)I)c2cccnc2)=CCc2cc(Cl)ccc21. The number of nitriles is 1. The van der Waals surface area contributed by atoms with E-state index < -0.39 is 0 Å². The Morgan fingerprint density at radius 1 is 1.41 bits per heavy atom. The van der Waals surface area contributed by atoms with Crippen molar-refractivity contribution < 1.29 is 4.79 Å². The minimum Gasteiger partial charge on any atom is -0.343 e. The van der Waals surface area contributed by atoms with Crippen LogP contribution >= 0.6 is 34.2 Å². The molecule has 0 unspecified atom stereocenters. The molecule has 27 heavy (non-hydrogen) atoms. The third-order valence-electron chi connectivity index (χ3n) is 4.40. The molecule has 3 rings (SSSR count). The van der Waals surface area contributed by atoms with Crippen LogP contribution in [0.15, 0.2) is 54.5 Å². The lowest BCUT2D eigenvalue weighted by Crippen LogP contribution is -2.37. The summed E-state index contributed by atoms with van der Waals surface area (Å²) in [6.07, 6.45) is 7.51. The molecule has 0 saturated carbocycles. The van der Waals surface area contributed by atoms with Crippen molar-refractivity contribution in [1.29, 1.82) is 5.26 Å². The van der Waals surface area contributed by atoms with E-state index in [-0.39, 0.29) is 3.91 Å². The third-order valence-corrected chi connectivity index (χ3v) is 5.21. The summed E-state index contributed by atoms with van der Waals surface area (Å²) < 4.78 is -0.0691. The van der Waals surface area contributed by atoms with E-state index >= 15 is 0 Å². The van der Waals surface area contributed by atoms with E-state index in [1.165, 1.54) is 0 Å². The van der Waals surface area contributed by atoms with Crippen LogP contribution in [-0.4, -0.2) is 22.0 Å². The quantitative estimate of drug-likeness (QED) is 0.236. The average molecular weight is 493 g/mol. The van der Waals surface area contributed by atoms with Crippen molar-refractivity contribution in [3.05, 3.63) is 65.1 Å². The lowest BCUT2D eigenvalue weighted by molar-refractivity contribution is 0.267. The first-order valence-electron chi connectivity index (χ1n) is 8.59. The van der Waals surface area contributed by atoms with Gasteiger partial charge in [-0.2, -0.15) is 5.26 Å². The van der Waals surface area contributed by atoms with Crippen molar-refractivity contribution in [3.8, 4) is 6.07 Å². The van der Waals surface area contributed by atoms with Crippen molar-refractivity contribution in [1.82, 2.24) is 4.98 Å². The Labute approximate surface area is 177 Å². The van der Waals surface area contributed by atoms with Gasteiger partial charge in [-0.15, -0.1) is 0 Å². The van der Waals surface area contributed by atoms with Crippen LogP contribution < -0.4 is 9.80 Å². The van der Waals surface area contributed by atoms with Gasteiger partial charge < -0.3 is 4.90 Å². The van der Waals surface area contributed by atoms with Crippen molar-refractivity contribution in [2.75, 3.05) is 22.9 Å². The average Bonchev–Trinajstić information content (AvgIpc) is 2.67. The molecule has 0 N–H and O–H groups in total. The highest BCUT2D eigenvalue weighted by atomic mass is 127. The molecule has 0 bridgehead atoms. The van der Waals surface area contributed by atoms with Crippen LogP contribution in [0, 0.1) is 11.3 Å². The van der Waals surface area contributed by atoms with Crippen LogP contribution in [-0.2, 0) is 6.42 Å². The topological polar surface area (TPSA) is 60.2 Å². The van der Waals surface area contributed by atoms with Gasteiger partial charge in [0.15, 0.2) is 0 Å². The van der Waals surface area contributed by atoms with E-state index in [1.54, 1.807) is 39.9 Å². The molecule has 1 aromatic carbocycles. The Morgan fingerprint density at radius 2 is 2.26 bits per heavy atom. The number of aromatic nitrogens is 1. The number of amides is 1. The molecule has 0 radical (unpaired) electrons. The molecule has 1 amide bonds. The normalized spacial score (nSPS) is 12.8. The number of carbonyl (C=O) groups is 1. The molecule has 0 atom stereocenters. The van der Waals surface area contributed by atoms with Crippen LogP contribution in [0.1, 0.15) is 18.4 Å². The molecule has 2 aromatic rings. The van der Waals surface area contributed by atoms with E-state index in [9.17, 15) is 4.79 Å². The fourth-order valence-electron chi connectivity index (χ4n) is 3.13. The number of benzene rings is 1. The number of hydrogen-bond donors (Lipinski definition) is 0. The van der Waals surface area contributed by atoms with E-state index in [4.69, 9.17) is 16.9 Å². The number of fused-ring (bicyclic) bond motifs is 1. The Balaban J connectivity index is 1.90. The summed E-state index contributed by atoms with van der Waals surface area (Å²) >= 11 is 7.95. The van der Waals surface area contributed by atoms with Gasteiger partial charge in [0.05, 0.1) is 24.5 Å². The van der Waals surface area contributed by atoms with Crippen LogP contribution in [0.5, 0.6) is 0 Å². The minimum atomic E-state index is -0.0691. The predicted molar refractivity (Wildman–Crippen MR) is 116 cm³/mol. The molecule has 1 aromatic heterocycles. The van der Waals surface area contributed by atoms with Gasteiger partial charge in [-0.05, 0) is 48.7 Å². The van der Waals surface area contributed by atoms with Gasteiger partial charge in [-0.25, -0.2) is 0 Å². The number of nitrogens with zero attached hydrogens (tertiary/aromatic N) is 4. The fraction of sp³-hybridized carbons (Fsp3) is 0.250. The maximum absolute atomic E-state index is 12.3. The van der Waals surface area contributed by atoms with E-state index in [0.717, 1.165) is 35.5 Å². The van der Waals surface area contributed by atoms with Gasteiger partial charge in [-0.1, -0.05) is 17.7 Å². The fourth-order valence-corrected chi connectivity index (χ4v) is 3.78. The van der Waals surface area contributed by atoms with Crippen LogP contribution in [0.2, 0.25) is 5.02 Å². The maximum atomic E-state index is 12.3. The molecule has 138 valence electrons. The zero-order chi connectivity index (χ0) is 19.2. The highest BCUT2D eigenvalue weighted by Crippen LogP contribution is 2.33. The largest absolute Gasteiger partial charge is 0.343 e. The number of hydrogen-bond acceptors (Lipinski definition) is 4. The van der Waals surface area contributed by atoms with Crippen molar-refractivity contribution in [3.63, 3.8) is 0 Å². The zero-order valence-electron chi connectivity index (χ0n) is 14.6. The molecular weight excluding hydrogens is 475 g/mol. The second-order valence-electron chi connectivity index (χ2n) is 6.14. The van der Waals surface area contributed by atoms with E-state index in [0.29, 0.717) is 24.5 Å². The lowest BCUT2D eigenvalue weighted by Gasteiger charge is -2.35. The predicted octanol–water partition coefficient (Wildman–Crippen LogP) is 5.35. The van der Waals surface area contributed by atoms with Gasteiger partial charge in [0.25, 0.3) is 3.91 Å². The lowest BCUT2D eigenvalue weighted by atomic mass is 10.0. The van der Waals surface area contributed by atoms with Crippen molar-refractivity contribution in [2.45, 2.75) is 19.3 Å². The van der Waals surface area contributed by atoms with Gasteiger partial charge in [0.1, 0.15) is 0 Å². The summed E-state index contributed by atoms with van der Waals surface area (Å²) in [5, 5.41) is 9.61. The molecule has 1 aliphatic rings. The number of anilines is 2. The van der Waals surface area contributed by atoms with Crippen LogP contribution in [0.25, 0.3) is 0 Å². The number of halogens is 2. The molecule has 1 aliphatic heterocycles. The third kappa shape index (κ3) is 4.79. The molecule has 0 aliphatic carbocycles. The Hall–Kier alpha value is -2.11. The summed E-state index contributed by atoms with van der Waals surface area (Å²) in [6.45, 7) is 1.16. The smallest absolute Gasteiger partial charge is 0.287 e. The van der Waals surface area contributed by atoms with Crippen LogP contribution in [0.3, 0.4) is 0 Å². The molecule has 0 saturated heterocycles. The summed E-state index contributed by atoms with van der Waals surface area (Å²) in [7, 11) is 0. The first-order chi connectivity index (χ1) is 13.1. The highest BCUT2D eigenvalue weighted by molar-refractivity contribution is 14.1. The van der Waals surface area contributed by atoms with Crippen molar-refractivity contribution in [2.24, 2.45) is 0 Å². The van der Waals surface area contributed by atoms with E-state index in [1.807, 2.05) is 30.3 Å². The number of rotatable bonds is 6. The summed E-state index contributed by atoms with van der Waals surface area (Å²) in [5.74, 6) is 0. The monoisotopic (exact) mass is 492 g/mol. The first-order valence-corrected chi connectivity index (χ1v) is 10.0. The number of allylic oxidation sites excluding steroid dienone is 1. The Morgan fingerprint density at radius 3 is 2.96 bits per heavy atom. The number of unbranched alkanes of at least 4 members (excludes halogenated alkanes) is 1. The first kappa shape index (κ1) is 19.6. The number of pyridine rings is 1. The van der Waals surface area contributed by atoms with Crippen LogP contribution in [0.4, 0.5) is 16.2 Å². The van der Waals surface area contributed by atoms with Gasteiger partial charge in [-0.3, -0.25) is 14.7 Å². The second kappa shape index (κ2) is 9.20. The molecule has 5 nitrogen and oxygen atoms in total. The summed E-state index contributed by atoms with van der Waals surface area (Å²) in [6, 6.07) is 11.8. The van der Waals surface area contributed by atoms with Gasteiger partial charge in [0.2, 0.25) is 0 Å². The van der Waals surface area contributed by atoms with Gasteiger partial charge in [0, 0.05) is 58.2 Å². The molecule has 0 fully saturated rings. The Kier molecular flexibility index (Phi) is 6.69. The minimum absolute atomic E-state index is 0.0691. The maximum Gasteiger partial charge on any atom is 0.287 e. The Bertz CT molecular complexity index is 895. The second-order valence-corrected chi connectivity index (χ2v) is 7.50. The highest BCUT2D eigenvalue weighted by Gasteiger charge is 2.24. The molecule has 0 spiro atoms. The summed E-state index contributed by atoms with van der Waals surface area (Å²) in [5.41, 5.74) is 4.03. The van der Waals surface area contributed by atoms with Crippen molar-refractivity contribution >= 4 is 49.5 Å². The van der Waals surface area contributed by atoms with E-state index in [2.05, 4.69) is 22.0 Å². The molecule has 7 heteroatoms. The molecular formula is C20H18ClIN4O. The molecule has 2 heterocycles. The standard InChI is InChI=1S/C20H18ClIN4O/c21-16-6-8-19-15(12-16)5-7-18(25(19)11-2-1-9-23)14-26(20(22)27)17-4-3-10-24-13-17/h3-4,6-8,10,12-13H,1-2,5,11,14H2. The van der Waals surface area contributed by atoms with Gasteiger partial charge >= 0.3 is 0 Å². The zero-order valence-corrected chi connectivity index (χ0v) is 17.5. The summed E-state index contributed by atoms with van der Waals surface area (Å²) in [4.78, 5) is 20.3.